The van der Waals surface area contributed by atoms with Crippen molar-refractivity contribution in [3.8, 4) is 11.4 Å². The van der Waals surface area contributed by atoms with Gasteiger partial charge in [-0.1, -0.05) is 35.0 Å². The summed E-state index contributed by atoms with van der Waals surface area (Å²) in [7, 11) is 0. The number of nitrogens with zero attached hydrogens (tertiary/aromatic N) is 2. The van der Waals surface area contributed by atoms with Gasteiger partial charge in [0.15, 0.2) is 0 Å². The van der Waals surface area contributed by atoms with Gasteiger partial charge in [-0.2, -0.15) is 18.2 Å². The lowest BCUT2D eigenvalue weighted by Gasteiger charge is -2.09. The van der Waals surface area contributed by atoms with E-state index in [9.17, 15) is 18.0 Å². The molecule has 3 aromatic rings. The molecule has 1 aromatic heterocycles. The van der Waals surface area contributed by atoms with Crippen LogP contribution >= 0.6 is 11.6 Å². The molecule has 27 heavy (non-hydrogen) atoms. The zero-order valence-electron chi connectivity index (χ0n) is 13.8. The van der Waals surface area contributed by atoms with Crippen LogP contribution in [0.25, 0.3) is 11.4 Å². The first kappa shape index (κ1) is 18.9. The normalized spacial score (nSPS) is 11.4. The molecule has 0 radical (unpaired) electrons. The van der Waals surface area contributed by atoms with Gasteiger partial charge in [-0.25, -0.2) is 0 Å². The van der Waals surface area contributed by atoms with E-state index in [0.717, 1.165) is 12.1 Å². The number of hydrogen-bond donors (Lipinski definition) is 1. The highest BCUT2D eigenvalue weighted by Crippen LogP contribution is 2.30. The molecule has 0 aliphatic carbocycles. The van der Waals surface area contributed by atoms with Crippen molar-refractivity contribution in [1.29, 1.82) is 0 Å². The Balaban J connectivity index is 1.59. The van der Waals surface area contributed by atoms with E-state index >= 15 is 0 Å². The Morgan fingerprint density at radius 2 is 1.93 bits per heavy atom. The predicted octanol–water partition coefficient (Wildman–Crippen LogP) is 4.98. The van der Waals surface area contributed by atoms with E-state index in [1.54, 1.807) is 24.3 Å². The van der Waals surface area contributed by atoms with Crippen molar-refractivity contribution in [2.45, 2.75) is 19.0 Å². The SMILES string of the molecule is O=C(CCc1nc(-c2cccc(Cl)c2)no1)Nc1cccc(C(F)(F)F)c1. The third-order valence-corrected chi connectivity index (χ3v) is 3.83. The van der Waals surface area contributed by atoms with Crippen LogP contribution in [0.3, 0.4) is 0 Å². The molecule has 0 unspecified atom stereocenters. The Labute approximate surface area is 157 Å². The number of nitrogens with one attached hydrogen (secondary N) is 1. The first-order valence-corrected chi connectivity index (χ1v) is 8.25. The molecule has 1 N–H and O–H groups in total. The highest BCUT2D eigenvalue weighted by atomic mass is 35.5. The number of halogens is 4. The molecule has 140 valence electrons. The minimum atomic E-state index is -4.47. The highest BCUT2D eigenvalue weighted by Gasteiger charge is 2.30. The summed E-state index contributed by atoms with van der Waals surface area (Å²) in [6.07, 6.45) is -4.34. The average molecular weight is 396 g/mol. The van der Waals surface area contributed by atoms with E-state index in [2.05, 4.69) is 15.5 Å². The molecule has 5 nitrogen and oxygen atoms in total. The first-order valence-electron chi connectivity index (χ1n) is 7.87. The van der Waals surface area contributed by atoms with Gasteiger partial charge < -0.3 is 9.84 Å². The van der Waals surface area contributed by atoms with Crippen molar-refractivity contribution in [2.75, 3.05) is 5.32 Å². The van der Waals surface area contributed by atoms with Gasteiger partial charge in [-0.05, 0) is 30.3 Å². The second-order valence-electron chi connectivity index (χ2n) is 5.65. The van der Waals surface area contributed by atoms with Crippen molar-refractivity contribution >= 4 is 23.2 Å². The number of amides is 1. The van der Waals surface area contributed by atoms with E-state index in [-0.39, 0.29) is 24.4 Å². The summed E-state index contributed by atoms with van der Waals surface area (Å²) in [6.45, 7) is 0. The minimum Gasteiger partial charge on any atom is -0.339 e. The summed E-state index contributed by atoms with van der Waals surface area (Å²) in [5.74, 6) is 0.117. The number of rotatable bonds is 5. The highest BCUT2D eigenvalue weighted by molar-refractivity contribution is 6.30. The average Bonchev–Trinajstić information content (AvgIpc) is 3.09. The van der Waals surface area contributed by atoms with E-state index < -0.39 is 17.6 Å². The quantitative estimate of drug-likeness (QED) is 0.661. The van der Waals surface area contributed by atoms with Crippen LogP contribution in [0.5, 0.6) is 0 Å². The zero-order valence-corrected chi connectivity index (χ0v) is 14.5. The van der Waals surface area contributed by atoms with E-state index in [1.807, 2.05) is 0 Å². The number of benzene rings is 2. The fraction of sp³-hybridized carbons (Fsp3) is 0.167. The molecule has 0 bridgehead atoms. The fourth-order valence-corrected chi connectivity index (χ4v) is 2.51. The fourth-order valence-electron chi connectivity index (χ4n) is 2.32. The van der Waals surface area contributed by atoms with Crippen molar-refractivity contribution < 1.29 is 22.5 Å². The number of hydrogen-bond acceptors (Lipinski definition) is 4. The lowest BCUT2D eigenvalue weighted by atomic mass is 10.2. The van der Waals surface area contributed by atoms with Crippen LogP contribution in [0.4, 0.5) is 18.9 Å². The van der Waals surface area contributed by atoms with Crippen molar-refractivity contribution in [3.05, 3.63) is 65.0 Å². The van der Waals surface area contributed by atoms with Crippen molar-refractivity contribution in [3.63, 3.8) is 0 Å². The van der Waals surface area contributed by atoms with Crippen LogP contribution in [0.2, 0.25) is 5.02 Å². The third kappa shape index (κ3) is 5.07. The van der Waals surface area contributed by atoms with Gasteiger partial charge in [0.2, 0.25) is 17.6 Å². The molecule has 0 aliphatic rings. The van der Waals surface area contributed by atoms with E-state index in [4.69, 9.17) is 16.1 Å². The molecule has 1 amide bonds. The summed E-state index contributed by atoms with van der Waals surface area (Å²) in [4.78, 5) is 16.2. The molecular formula is C18H13ClF3N3O2. The summed E-state index contributed by atoms with van der Waals surface area (Å²) in [5.41, 5.74) is -0.0887. The third-order valence-electron chi connectivity index (χ3n) is 3.59. The number of carbonyl (C=O) groups is 1. The number of carbonyl (C=O) groups excluding carboxylic acids is 1. The van der Waals surface area contributed by atoms with Crippen LogP contribution < -0.4 is 5.32 Å². The predicted molar refractivity (Wildman–Crippen MR) is 93.1 cm³/mol. The second-order valence-corrected chi connectivity index (χ2v) is 6.09. The van der Waals surface area contributed by atoms with Crippen LogP contribution in [0.15, 0.2) is 53.1 Å². The van der Waals surface area contributed by atoms with Gasteiger partial charge in [0.25, 0.3) is 0 Å². The summed E-state index contributed by atoms with van der Waals surface area (Å²) in [6, 6.07) is 11.3. The standard InChI is InChI=1S/C18H13ClF3N3O2/c19-13-5-1-3-11(9-13)17-24-16(27-25-17)8-7-15(26)23-14-6-2-4-12(10-14)18(20,21)22/h1-6,9-10H,7-8H2,(H,23,26). The molecule has 3 rings (SSSR count). The molecule has 0 atom stereocenters. The molecule has 1 heterocycles. The van der Waals surface area contributed by atoms with Gasteiger partial charge in [-0.3, -0.25) is 4.79 Å². The van der Waals surface area contributed by atoms with Gasteiger partial charge in [0.05, 0.1) is 5.56 Å². The molecular weight excluding hydrogens is 383 g/mol. The van der Waals surface area contributed by atoms with E-state index in [1.165, 1.54) is 12.1 Å². The molecule has 0 spiro atoms. The molecule has 0 saturated carbocycles. The van der Waals surface area contributed by atoms with Gasteiger partial charge >= 0.3 is 6.18 Å². The Morgan fingerprint density at radius 1 is 1.15 bits per heavy atom. The molecule has 0 fully saturated rings. The molecule has 2 aromatic carbocycles. The topological polar surface area (TPSA) is 68.0 Å². The lowest BCUT2D eigenvalue weighted by molar-refractivity contribution is -0.137. The zero-order chi connectivity index (χ0) is 19.4. The number of aromatic nitrogens is 2. The molecule has 0 saturated heterocycles. The van der Waals surface area contributed by atoms with Gasteiger partial charge in [0, 0.05) is 29.1 Å². The van der Waals surface area contributed by atoms with Gasteiger partial charge in [0.1, 0.15) is 0 Å². The summed E-state index contributed by atoms with van der Waals surface area (Å²) in [5, 5.41) is 6.78. The van der Waals surface area contributed by atoms with E-state index in [0.29, 0.717) is 16.4 Å². The number of alkyl halides is 3. The first-order chi connectivity index (χ1) is 12.8. The Hall–Kier alpha value is -2.87. The maximum Gasteiger partial charge on any atom is 0.416 e. The maximum atomic E-state index is 12.7. The van der Waals surface area contributed by atoms with Crippen LogP contribution in [0.1, 0.15) is 17.9 Å². The lowest BCUT2D eigenvalue weighted by Crippen LogP contribution is -2.13. The largest absolute Gasteiger partial charge is 0.416 e. The summed E-state index contributed by atoms with van der Waals surface area (Å²) < 4.78 is 43.2. The minimum absolute atomic E-state index is 0.0204. The van der Waals surface area contributed by atoms with Crippen LogP contribution in [0, 0.1) is 0 Å². The maximum absolute atomic E-state index is 12.7. The van der Waals surface area contributed by atoms with Gasteiger partial charge in [-0.15, -0.1) is 0 Å². The Morgan fingerprint density at radius 3 is 2.67 bits per heavy atom. The number of aryl methyl sites for hydroxylation is 1. The molecule has 0 aliphatic heterocycles. The van der Waals surface area contributed by atoms with Crippen molar-refractivity contribution in [1.82, 2.24) is 10.1 Å². The van der Waals surface area contributed by atoms with Crippen LogP contribution in [-0.2, 0) is 17.4 Å². The molecule has 9 heteroatoms. The Bertz CT molecular complexity index is 957. The second kappa shape index (κ2) is 7.79. The monoisotopic (exact) mass is 395 g/mol. The smallest absolute Gasteiger partial charge is 0.339 e. The van der Waals surface area contributed by atoms with Crippen LogP contribution in [-0.4, -0.2) is 16.0 Å². The Kier molecular flexibility index (Phi) is 5.46. The summed E-state index contributed by atoms with van der Waals surface area (Å²) >= 11 is 5.91. The van der Waals surface area contributed by atoms with Crippen molar-refractivity contribution in [2.24, 2.45) is 0 Å². The number of anilines is 1.